The van der Waals surface area contributed by atoms with Crippen molar-refractivity contribution in [3.05, 3.63) is 28.3 Å². The number of nitrogens with zero attached hydrogens (tertiary/aromatic N) is 1. The van der Waals surface area contributed by atoms with Gasteiger partial charge in [-0.3, -0.25) is 10.1 Å². The van der Waals surface area contributed by atoms with Gasteiger partial charge in [-0.15, -0.1) is 0 Å². The summed E-state index contributed by atoms with van der Waals surface area (Å²) in [6.45, 7) is 5.18. The second kappa shape index (κ2) is 7.93. The van der Waals surface area contributed by atoms with Gasteiger partial charge in [-0.05, 0) is 26.3 Å². The van der Waals surface area contributed by atoms with Crippen LogP contribution in [-0.4, -0.2) is 43.1 Å². The molecule has 1 aromatic rings. The van der Waals surface area contributed by atoms with Crippen LogP contribution in [0, 0.1) is 10.1 Å². The first-order valence-corrected chi connectivity index (χ1v) is 7.67. The van der Waals surface area contributed by atoms with Crippen LogP contribution in [-0.2, 0) is 9.47 Å². The molecule has 9 nitrogen and oxygen atoms in total. The number of nitro benzene ring substituents is 1. The molecule has 1 saturated heterocycles. The largest absolute Gasteiger partial charge is 0.492 e. The highest BCUT2D eigenvalue weighted by Gasteiger charge is 2.29. The van der Waals surface area contributed by atoms with Gasteiger partial charge in [0.05, 0.1) is 37.0 Å². The van der Waals surface area contributed by atoms with E-state index in [9.17, 15) is 14.9 Å². The molecular formula is C15H21N3O6. The summed E-state index contributed by atoms with van der Waals surface area (Å²) in [4.78, 5) is 22.4. The number of nitro groups is 1. The summed E-state index contributed by atoms with van der Waals surface area (Å²) in [6.07, 6.45) is 0.813. The van der Waals surface area contributed by atoms with Crippen LogP contribution < -0.4 is 15.4 Å². The standard InChI is InChI=1S/C15H21N3O6/c1-3-22-13-6-5-11(18(20)21)9-12(13)17-14(19)16-10-15(2)23-7-4-8-24-15/h5-6,9H,3-4,7-8,10H2,1-2H3,(H2,16,17,19). The predicted octanol–water partition coefficient (Wildman–Crippen LogP) is 2.27. The van der Waals surface area contributed by atoms with Crippen LogP contribution in [0.5, 0.6) is 5.75 Å². The molecule has 0 bridgehead atoms. The normalized spacial score (nSPS) is 16.2. The Morgan fingerprint density at radius 3 is 2.75 bits per heavy atom. The van der Waals surface area contributed by atoms with Gasteiger partial charge in [-0.25, -0.2) is 4.79 Å². The van der Waals surface area contributed by atoms with Gasteiger partial charge < -0.3 is 24.8 Å². The van der Waals surface area contributed by atoms with Crippen molar-refractivity contribution in [3.63, 3.8) is 0 Å². The lowest BCUT2D eigenvalue weighted by Gasteiger charge is -2.33. The van der Waals surface area contributed by atoms with E-state index in [0.29, 0.717) is 25.6 Å². The lowest BCUT2D eigenvalue weighted by molar-refractivity contribution is -0.384. The lowest BCUT2D eigenvalue weighted by Crippen LogP contribution is -2.48. The second-order valence-corrected chi connectivity index (χ2v) is 5.36. The monoisotopic (exact) mass is 339 g/mol. The van der Waals surface area contributed by atoms with Gasteiger partial charge >= 0.3 is 6.03 Å². The highest BCUT2D eigenvalue weighted by molar-refractivity contribution is 5.91. The number of benzene rings is 1. The number of nitrogens with one attached hydrogen (secondary N) is 2. The van der Waals surface area contributed by atoms with Gasteiger partial charge in [0.25, 0.3) is 5.69 Å². The fraction of sp³-hybridized carbons (Fsp3) is 0.533. The van der Waals surface area contributed by atoms with Crippen molar-refractivity contribution in [1.82, 2.24) is 5.32 Å². The lowest BCUT2D eigenvalue weighted by atomic mass is 10.2. The van der Waals surface area contributed by atoms with Gasteiger partial charge in [0.15, 0.2) is 5.79 Å². The average Bonchev–Trinajstić information content (AvgIpc) is 2.55. The molecule has 0 spiro atoms. The molecule has 0 atom stereocenters. The summed E-state index contributed by atoms with van der Waals surface area (Å²) in [5.41, 5.74) is 0.0823. The molecule has 1 heterocycles. The molecule has 0 aromatic heterocycles. The molecule has 2 N–H and O–H groups in total. The topological polar surface area (TPSA) is 112 Å². The summed E-state index contributed by atoms with van der Waals surface area (Å²) < 4.78 is 16.4. The van der Waals surface area contributed by atoms with Gasteiger partial charge in [0, 0.05) is 12.1 Å². The SMILES string of the molecule is CCOc1ccc([N+](=O)[O-])cc1NC(=O)NCC1(C)OCCCO1. The second-order valence-electron chi connectivity index (χ2n) is 5.36. The Morgan fingerprint density at radius 2 is 2.12 bits per heavy atom. The molecule has 0 saturated carbocycles. The highest BCUT2D eigenvalue weighted by atomic mass is 16.7. The van der Waals surface area contributed by atoms with Gasteiger partial charge in [-0.1, -0.05) is 0 Å². The molecule has 2 amide bonds. The zero-order chi connectivity index (χ0) is 17.6. The maximum atomic E-state index is 12.1. The van der Waals surface area contributed by atoms with Gasteiger partial charge in [-0.2, -0.15) is 0 Å². The van der Waals surface area contributed by atoms with Crippen molar-refractivity contribution in [1.29, 1.82) is 0 Å². The Morgan fingerprint density at radius 1 is 1.42 bits per heavy atom. The molecule has 132 valence electrons. The number of hydrogen-bond acceptors (Lipinski definition) is 6. The molecule has 1 aromatic carbocycles. The van der Waals surface area contributed by atoms with Crippen molar-refractivity contribution in [2.24, 2.45) is 0 Å². The third-order valence-electron chi connectivity index (χ3n) is 3.40. The predicted molar refractivity (Wildman–Crippen MR) is 86.2 cm³/mol. The number of non-ortho nitro benzene ring substituents is 1. The smallest absolute Gasteiger partial charge is 0.319 e. The molecule has 2 rings (SSSR count). The Labute approximate surface area is 139 Å². The molecule has 0 unspecified atom stereocenters. The van der Waals surface area contributed by atoms with E-state index in [-0.39, 0.29) is 17.9 Å². The summed E-state index contributed by atoms with van der Waals surface area (Å²) in [7, 11) is 0. The number of carbonyl (C=O) groups is 1. The summed E-state index contributed by atoms with van der Waals surface area (Å²) in [5, 5.41) is 16.1. The van der Waals surface area contributed by atoms with E-state index < -0.39 is 16.7 Å². The third-order valence-corrected chi connectivity index (χ3v) is 3.40. The minimum atomic E-state index is -0.874. The van der Waals surface area contributed by atoms with Crippen LogP contribution in [0.3, 0.4) is 0 Å². The van der Waals surface area contributed by atoms with Crippen LogP contribution in [0.25, 0.3) is 0 Å². The van der Waals surface area contributed by atoms with Crippen molar-refractivity contribution in [2.45, 2.75) is 26.1 Å². The number of anilines is 1. The molecule has 1 aliphatic heterocycles. The third kappa shape index (κ3) is 4.80. The van der Waals surface area contributed by atoms with Crippen LogP contribution in [0.1, 0.15) is 20.3 Å². The van der Waals surface area contributed by atoms with E-state index in [1.807, 2.05) is 0 Å². The van der Waals surface area contributed by atoms with E-state index in [1.54, 1.807) is 13.8 Å². The fourth-order valence-electron chi connectivity index (χ4n) is 2.20. The van der Waals surface area contributed by atoms with Crippen molar-refractivity contribution < 1.29 is 23.9 Å². The maximum Gasteiger partial charge on any atom is 0.319 e. The summed E-state index contributed by atoms with van der Waals surface area (Å²) in [6, 6.07) is 3.49. The maximum absolute atomic E-state index is 12.1. The molecule has 1 aliphatic rings. The number of amides is 2. The molecule has 0 radical (unpaired) electrons. The number of urea groups is 1. The van der Waals surface area contributed by atoms with Crippen molar-refractivity contribution >= 4 is 17.4 Å². The quantitative estimate of drug-likeness (QED) is 0.607. The van der Waals surface area contributed by atoms with E-state index >= 15 is 0 Å². The van der Waals surface area contributed by atoms with E-state index in [4.69, 9.17) is 14.2 Å². The van der Waals surface area contributed by atoms with Crippen LogP contribution in [0.4, 0.5) is 16.2 Å². The minimum absolute atomic E-state index is 0.139. The Kier molecular flexibility index (Phi) is 5.93. The minimum Gasteiger partial charge on any atom is -0.492 e. The first kappa shape index (κ1) is 18.0. The zero-order valence-corrected chi connectivity index (χ0v) is 13.7. The molecule has 1 fully saturated rings. The van der Waals surface area contributed by atoms with Crippen molar-refractivity contribution in [2.75, 3.05) is 31.7 Å². The number of ether oxygens (including phenoxy) is 3. The van der Waals surface area contributed by atoms with E-state index in [0.717, 1.165) is 6.42 Å². The number of rotatable bonds is 6. The summed E-state index contributed by atoms with van der Waals surface area (Å²) >= 11 is 0. The Balaban J connectivity index is 2.01. The summed E-state index contributed by atoms with van der Waals surface area (Å²) in [5.74, 6) is -0.518. The zero-order valence-electron chi connectivity index (χ0n) is 13.7. The number of carbonyl (C=O) groups excluding carboxylic acids is 1. The highest BCUT2D eigenvalue weighted by Crippen LogP contribution is 2.29. The van der Waals surface area contributed by atoms with Crippen LogP contribution in [0.15, 0.2) is 18.2 Å². The van der Waals surface area contributed by atoms with Crippen molar-refractivity contribution in [3.8, 4) is 5.75 Å². The first-order valence-electron chi connectivity index (χ1n) is 7.67. The first-order chi connectivity index (χ1) is 11.4. The van der Waals surface area contributed by atoms with E-state index in [1.165, 1.54) is 18.2 Å². The van der Waals surface area contributed by atoms with Crippen LogP contribution in [0.2, 0.25) is 0 Å². The number of hydrogen-bond donors (Lipinski definition) is 2. The molecule has 0 aliphatic carbocycles. The van der Waals surface area contributed by atoms with E-state index in [2.05, 4.69) is 10.6 Å². The van der Waals surface area contributed by atoms with Gasteiger partial charge in [0.2, 0.25) is 0 Å². The van der Waals surface area contributed by atoms with Crippen LogP contribution >= 0.6 is 0 Å². The molecule has 9 heteroatoms. The molecule has 24 heavy (non-hydrogen) atoms. The van der Waals surface area contributed by atoms with Gasteiger partial charge in [0.1, 0.15) is 5.75 Å². The average molecular weight is 339 g/mol. The Hall–Kier alpha value is -2.39. The fourth-order valence-corrected chi connectivity index (χ4v) is 2.20. The molecular weight excluding hydrogens is 318 g/mol. The Bertz CT molecular complexity index is 601.